The van der Waals surface area contributed by atoms with E-state index in [1.165, 1.54) is 25.8 Å². The van der Waals surface area contributed by atoms with E-state index in [9.17, 15) is 4.79 Å². The molecule has 1 rings (SSSR count). The van der Waals surface area contributed by atoms with Crippen LogP contribution < -0.4 is 11.3 Å². The van der Waals surface area contributed by atoms with E-state index in [2.05, 4.69) is 17.2 Å². The zero-order chi connectivity index (χ0) is 10.4. The van der Waals surface area contributed by atoms with Crippen molar-refractivity contribution in [3.05, 3.63) is 0 Å². The van der Waals surface area contributed by atoms with Crippen molar-refractivity contribution in [1.82, 2.24) is 10.3 Å². The number of nitrogens with two attached hydrogens (primary N) is 1. The summed E-state index contributed by atoms with van der Waals surface area (Å²) in [5, 5.41) is 0. The van der Waals surface area contributed by atoms with Crippen molar-refractivity contribution in [1.29, 1.82) is 0 Å². The van der Waals surface area contributed by atoms with Gasteiger partial charge < -0.3 is 4.90 Å². The highest BCUT2D eigenvalue weighted by Crippen LogP contribution is 2.16. The molecule has 14 heavy (non-hydrogen) atoms. The van der Waals surface area contributed by atoms with Crippen molar-refractivity contribution in [2.45, 2.75) is 45.1 Å². The van der Waals surface area contributed by atoms with Gasteiger partial charge in [0.25, 0.3) is 0 Å². The molecule has 1 heterocycles. The molecule has 0 aliphatic carbocycles. The number of nitrogens with zero attached hydrogens (tertiary/aromatic N) is 1. The maximum Gasteiger partial charge on any atom is 0.233 e. The van der Waals surface area contributed by atoms with Gasteiger partial charge in [0.15, 0.2) is 0 Å². The molecule has 1 atom stereocenters. The predicted octanol–water partition coefficient (Wildman–Crippen LogP) is 0.631. The van der Waals surface area contributed by atoms with Crippen LogP contribution in [-0.2, 0) is 4.79 Å². The van der Waals surface area contributed by atoms with E-state index in [1.54, 1.807) is 0 Å². The van der Waals surface area contributed by atoms with Crippen LogP contribution in [0.2, 0.25) is 0 Å². The number of hydrogen-bond donors (Lipinski definition) is 2. The summed E-state index contributed by atoms with van der Waals surface area (Å²) in [6.07, 6.45) is 5.39. The van der Waals surface area contributed by atoms with Crippen LogP contribution in [0.15, 0.2) is 0 Å². The lowest BCUT2D eigenvalue weighted by atomic mass is 10.0. The molecule has 1 unspecified atom stereocenters. The Morgan fingerprint density at radius 1 is 1.57 bits per heavy atom. The van der Waals surface area contributed by atoms with Gasteiger partial charge in [0.2, 0.25) is 5.91 Å². The lowest BCUT2D eigenvalue weighted by molar-refractivity contribution is -0.121. The van der Waals surface area contributed by atoms with E-state index in [0.29, 0.717) is 12.5 Å². The average molecular weight is 199 g/mol. The molecule has 0 radical (unpaired) electrons. The predicted molar refractivity (Wildman–Crippen MR) is 56.5 cm³/mol. The van der Waals surface area contributed by atoms with E-state index in [4.69, 9.17) is 5.84 Å². The topological polar surface area (TPSA) is 58.4 Å². The van der Waals surface area contributed by atoms with Crippen LogP contribution in [-0.4, -0.2) is 29.9 Å². The van der Waals surface area contributed by atoms with E-state index in [-0.39, 0.29) is 5.91 Å². The quantitative estimate of drug-likeness (QED) is 0.397. The summed E-state index contributed by atoms with van der Waals surface area (Å²) in [5.41, 5.74) is 2.16. The van der Waals surface area contributed by atoms with Crippen LogP contribution in [0.5, 0.6) is 0 Å². The van der Waals surface area contributed by atoms with E-state index in [1.807, 2.05) is 0 Å². The van der Waals surface area contributed by atoms with Crippen molar-refractivity contribution in [3.63, 3.8) is 0 Å². The third-order valence-electron chi connectivity index (χ3n) is 2.95. The molecular weight excluding hydrogens is 178 g/mol. The standard InChI is InChI=1S/C10H21N3O/c1-9-5-2-3-7-13(9)8-4-6-10(14)12-11/h9H,2-8,11H2,1H3,(H,12,14). The summed E-state index contributed by atoms with van der Waals surface area (Å²) in [7, 11) is 0. The van der Waals surface area contributed by atoms with E-state index < -0.39 is 0 Å². The Labute approximate surface area is 85.8 Å². The van der Waals surface area contributed by atoms with Crippen molar-refractivity contribution in [2.75, 3.05) is 13.1 Å². The fourth-order valence-electron chi connectivity index (χ4n) is 2.00. The minimum absolute atomic E-state index is 0.0605. The molecule has 0 aromatic rings. The van der Waals surface area contributed by atoms with Crippen LogP contribution in [0.4, 0.5) is 0 Å². The Balaban J connectivity index is 2.13. The SMILES string of the molecule is CC1CCCCN1CCCC(=O)NN. The summed E-state index contributed by atoms with van der Waals surface area (Å²) in [5.74, 6) is 4.94. The summed E-state index contributed by atoms with van der Waals surface area (Å²) >= 11 is 0. The van der Waals surface area contributed by atoms with E-state index >= 15 is 0 Å². The van der Waals surface area contributed by atoms with Gasteiger partial charge in [0.1, 0.15) is 0 Å². The van der Waals surface area contributed by atoms with Crippen molar-refractivity contribution < 1.29 is 4.79 Å². The number of hydrazine groups is 1. The molecule has 1 amide bonds. The van der Waals surface area contributed by atoms with Crippen LogP contribution >= 0.6 is 0 Å². The first-order valence-electron chi connectivity index (χ1n) is 5.47. The maximum atomic E-state index is 10.9. The van der Waals surface area contributed by atoms with Gasteiger partial charge in [0.05, 0.1) is 0 Å². The van der Waals surface area contributed by atoms with Crippen molar-refractivity contribution in [3.8, 4) is 0 Å². The third kappa shape index (κ3) is 3.64. The molecule has 3 N–H and O–H groups in total. The smallest absolute Gasteiger partial charge is 0.233 e. The van der Waals surface area contributed by atoms with Gasteiger partial charge in [-0.15, -0.1) is 0 Å². The lowest BCUT2D eigenvalue weighted by Gasteiger charge is -2.33. The number of carbonyl (C=O) groups is 1. The van der Waals surface area contributed by atoms with Crippen LogP contribution in [0.3, 0.4) is 0 Å². The highest BCUT2D eigenvalue weighted by molar-refractivity contribution is 5.75. The third-order valence-corrected chi connectivity index (χ3v) is 2.95. The Morgan fingerprint density at radius 3 is 3.00 bits per heavy atom. The molecule has 1 aliphatic rings. The number of piperidine rings is 1. The first-order valence-corrected chi connectivity index (χ1v) is 5.47. The molecule has 0 aromatic carbocycles. The van der Waals surface area contributed by atoms with Crippen molar-refractivity contribution in [2.24, 2.45) is 5.84 Å². The second-order valence-electron chi connectivity index (χ2n) is 4.05. The molecule has 4 nitrogen and oxygen atoms in total. The lowest BCUT2D eigenvalue weighted by Crippen LogP contribution is -2.38. The minimum Gasteiger partial charge on any atom is -0.301 e. The van der Waals surface area contributed by atoms with Crippen LogP contribution in [0, 0.1) is 0 Å². The Kier molecular flexibility index (Phi) is 4.90. The Bertz CT molecular complexity index is 184. The maximum absolute atomic E-state index is 10.9. The molecule has 82 valence electrons. The fourth-order valence-corrected chi connectivity index (χ4v) is 2.00. The highest BCUT2D eigenvalue weighted by atomic mass is 16.2. The number of nitrogens with one attached hydrogen (secondary N) is 1. The van der Waals surface area contributed by atoms with Gasteiger partial charge in [0, 0.05) is 12.5 Å². The molecule has 0 saturated carbocycles. The Hall–Kier alpha value is -0.610. The number of rotatable bonds is 4. The molecular formula is C10H21N3O. The van der Waals surface area contributed by atoms with E-state index in [0.717, 1.165) is 13.0 Å². The monoisotopic (exact) mass is 199 g/mol. The number of carbonyl (C=O) groups excluding carboxylic acids is 1. The molecule has 0 spiro atoms. The van der Waals surface area contributed by atoms with Gasteiger partial charge >= 0.3 is 0 Å². The molecule has 0 aromatic heterocycles. The fraction of sp³-hybridized carbons (Fsp3) is 0.900. The first-order chi connectivity index (χ1) is 6.74. The van der Waals surface area contributed by atoms with Gasteiger partial charge in [-0.3, -0.25) is 10.2 Å². The normalized spacial score (nSPS) is 23.4. The van der Waals surface area contributed by atoms with Crippen LogP contribution in [0.25, 0.3) is 0 Å². The highest BCUT2D eigenvalue weighted by Gasteiger charge is 2.17. The zero-order valence-electron chi connectivity index (χ0n) is 8.96. The van der Waals surface area contributed by atoms with Gasteiger partial charge in [-0.1, -0.05) is 6.42 Å². The number of likely N-dealkylation sites (tertiary alicyclic amines) is 1. The molecule has 1 fully saturated rings. The van der Waals surface area contributed by atoms with Gasteiger partial charge in [-0.2, -0.15) is 0 Å². The van der Waals surface area contributed by atoms with Gasteiger partial charge in [-0.05, 0) is 39.3 Å². The van der Waals surface area contributed by atoms with Crippen molar-refractivity contribution >= 4 is 5.91 Å². The second-order valence-corrected chi connectivity index (χ2v) is 4.05. The number of amides is 1. The largest absolute Gasteiger partial charge is 0.301 e. The summed E-state index contributed by atoms with van der Waals surface area (Å²) in [4.78, 5) is 13.3. The molecule has 4 heteroatoms. The summed E-state index contributed by atoms with van der Waals surface area (Å²) in [6, 6.07) is 0.685. The molecule has 0 bridgehead atoms. The first kappa shape index (κ1) is 11.5. The van der Waals surface area contributed by atoms with Gasteiger partial charge in [-0.25, -0.2) is 5.84 Å². The molecule has 1 saturated heterocycles. The Morgan fingerprint density at radius 2 is 2.36 bits per heavy atom. The zero-order valence-corrected chi connectivity index (χ0v) is 8.96. The number of hydrogen-bond acceptors (Lipinski definition) is 3. The minimum atomic E-state index is -0.0605. The summed E-state index contributed by atoms with van der Waals surface area (Å²) < 4.78 is 0. The van der Waals surface area contributed by atoms with Crippen LogP contribution in [0.1, 0.15) is 39.0 Å². The summed E-state index contributed by atoms with van der Waals surface area (Å²) in [6.45, 7) is 4.47. The average Bonchev–Trinajstić information content (AvgIpc) is 2.20. The molecule has 1 aliphatic heterocycles. The second kappa shape index (κ2) is 5.98.